The first-order valence-electron chi connectivity index (χ1n) is 4.49. The van der Waals surface area contributed by atoms with Gasteiger partial charge in [-0.1, -0.05) is 0 Å². The molecule has 0 aromatic carbocycles. The first kappa shape index (κ1) is 10.0. The van der Waals surface area contributed by atoms with Gasteiger partial charge in [0.05, 0.1) is 13.2 Å². The minimum atomic E-state index is 0.0337. The molecule has 6 heteroatoms. The van der Waals surface area contributed by atoms with Gasteiger partial charge in [-0.3, -0.25) is 14.6 Å². The average molecular weight is 222 g/mol. The smallest absolute Gasteiger partial charge is 0.195 e. The van der Waals surface area contributed by atoms with Crippen LogP contribution in [0, 0.1) is 4.77 Å². The minimum Gasteiger partial charge on any atom is -0.395 e. The van der Waals surface area contributed by atoms with Gasteiger partial charge in [0.1, 0.15) is 0 Å². The van der Waals surface area contributed by atoms with Gasteiger partial charge in [-0.2, -0.15) is 5.10 Å². The van der Waals surface area contributed by atoms with Crippen molar-refractivity contribution in [3.8, 4) is 11.4 Å². The highest BCUT2D eigenvalue weighted by atomic mass is 32.1. The summed E-state index contributed by atoms with van der Waals surface area (Å²) in [5, 5.41) is 15.7. The van der Waals surface area contributed by atoms with Crippen LogP contribution in [0.1, 0.15) is 0 Å². The second-order valence-corrected chi connectivity index (χ2v) is 3.35. The number of pyridine rings is 1. The molecule has 78 valence electrons. The normalized spacial score (nSPS) is 10.5. The molecule has 2 N–H and O–H groups in total. The van der Waals surface area contributed by atoms with Crippen molar-refractivity contribution in [2.75, 3.05) is 6.61 Å². The Kier molecular flexibility index (Phi) is 2.89. The number of hydrogen-bond acceptors (Lipinski definition) is 4. The van der Waals surface area contributed by atoms with Crippen molar-refractivity contribution < 1.29 is 5.11 Å². The van der Waals surface area contributed by atoms with Gasteiger partial charge in [0.2, 0.25) is 0 Å². The van der Waals surface area contributed by atoms with Crippen molar-refractivity contribution in [3.05, 3.63) is 29.3 Å². The first-order chi connectivity index (χ1) is 7.33. The number of rotatable bonds is 3. The molecule has 0 fully saturated rings. The summed E-state index contributed by atoms with van der Waals surface area (Å²) in [6.45, 7) is 0.471. The standard InChI is InChI=1S/C9H10N4OS/c14-6-5-13-8(11-12-9(13)15)7-1-3-10-4-2-7/h1-4,14H,5-6H2,(H,12,15). The monoisotopic (exact) mass is 222 g/mol. The highest BCUT2D eigenvalue weighted by Gasteiger charge is 2.07. The third kappa shape index (κ3) is 1.95. The zero-order valence-electron chi connectivity index (χ0n) is 7.92. The molecule has 2 aromatic rings. The molecule has 0 bridgehead atoms. The molecule has 0 spiro atoms. The molecule has 0 aliphatic rings. The van der Waals surface area contributed by atoms with Crippen molar-refractivity contribution in [2.24, 2.45) is 0 Å². The van der Waals surface area contributed by atoms with Crippen LogP contribution in [-0.4, -0.2) is 31.5 Å². The van der Waals surface area contributed by atoms with Crippen LogP contribution in [0.2, 0.25) is 0 Å². The fourth-order valence-corrected chi connectivity index (χ4v) is 1.57. The van der Waals surface area contributed by atoms with Gasteiger partial charge in [-0.05, 0) is 24.4 Å². The van der Waals surface area contributed by atoms with E-state index in [1.54, 1.807) is 17.0 Å². The molecule has 15 heavy (non-hydrogen) atoms. The van der Waals surface area contributed by atoms with Crippen molar-refractivity contribution in [1.82, 2.24) is 19.7 Å². The number of hydrogen-bond donors (Lipinski definition) is 2. The predicted octanol–water partition coefficient (Wildman–Crippen LogP) is 0.995. The fourth-order valence-electron chi connectivity index (χ4n) is 1.35. The lowest BCUT2D eigenvalue weighted by Crippen LogP contribution is -2.04. The van der Waals surface area contributed by atoms with Crippen LogP contribution in [0.3, 0.4) is 0 Å². The van der Waals surface area contributed by atoms with Crippen molar-refractivity contribution in [1.29, 1.82) is 0 Å². The van der Waals surface area contributed by atoms with Gasteiger partial charge < -0.3 is 5.11 Å². The fraction of sp³-hybridized carbons (Fsp3) is 0.222. The Bertz CT molecular complexity index is 490. The summed E-state index contributed by atoms with van der Waals surface area (Å²) in [6.07, 6.45) is 3.38. The second kappa shape index (κ2) is 4.33. The summed E-state index contributed by atoms with van der Waals surface area (Å²) >= 11 is 5.06. The quantitative estimate of drug-likeness (QED) is 0.760. The maximum Gasteiger partial charge on any atom is 0.195 e. The lowest BCUT2D eigenvalue weighted by Gasteiger charge is -2.03. The molecule has 2 heterocycles. The van der Waals surface area contributed by atoms with Crippen molar-refractivity contribution >= 4 is 12.2 Å². The highest BCUT2D eigenvalue weighted by molar-refractivity contribution is 7.71. The average Bonchev–Trinajstić information content (AvgIpc) is 2.63. The van der Waals surface area contributed by atoms with Crippen LogP contribution >= 0.6 is 12.2 Å². The minimum absolute atomic E-state index is 0.0337. The number of aromatic amines is 1. The summed E-state index contributed by atoms with van der Waals surface area (Å²) < 4.78 is 2.26. The third-order valence-corrected chi connectivity index (χ3v) is 2.33. The van der Waals surface area contributed by atoms with Gasteiger partial charge >= 0.3 is 0 Å². The van der Waals surface area contributed by atoms with Crippen LogP contribution in [-0.2, 0) is 6.54 Å². The van der Waals surface area contributed by atoms with E-state index in [4.69, 9.17) is 17.3 Å². The maximum atomic E-state index is 8.91. The SMILES string of the molecule is OCCn1c(-c2ccncc2)n[nH]c1=S. The van der Waals surface area contributed by atoms with Crippen LogP contribution in [0.4, 0.5) is 0 Å². The summed E-state index contributed by atoms with van der Waals surface area (Å²) in [4.78, 5) is 3.93. The van der Waals surface area contributed by atoms with E-state index in [0.29, 0.717) is 11.3 Å². The summed E-state index contributed by atoms with van der Waals surface area (Å²) in [7, 11) is 0. The van der Waals surface area contributed by atoms with E-state index >= 15 is 0 Å². The Hall–Kier alpha value is -1.53. The highest BCUT2D eigenvalue weighted by Crippen LogP contribution is 2.15. The van der Waals surface area contributed by atoms with E-state index in [-0.39, 0.29) is 6.61 Å². The van der Waals surface area contributed by atoms with E-state index in [1.165, 1.54) is 0 Å². The van der Waals surface area contributed by atoms with Crippen molar-refractivity contribution in [3.63, 3.8) is 0 Å². The summed E-state index contributed by atoms with van der Waals surface area (Å²) in [5.74, 6) is 0.719. The molecule has 0 radical (unpaired) electrons. The molecule has 2 rings (SSSR count). The lowest BCUT2D eigenvalue weighted by molar-refractivity contribution is 0.276. The number of nitrogens with one attached hydrogen (secondary N) is 1. The van der Waals surface area contributed by atoms with Crippen LogP contribution in [0.5, 0.6) is 0 Å². The van der Waals surface area contributed by atoms with Gasteiger partial charge in [-0.25, -0.2) is 0 Å². The molecule has 5 nitrogen and oxygen atoms in total. The number of H-pyrrole nitrogens is 1. The predicted molar refractivity (Wildman–Crippen MR) is 57.7 cm³/mol. The number of aliphatic hydroxyl groups excluding tert-OH is 1. The van der Waals surface area contributed by atoms with Crippen molar-refractivity contribution in [2.45, 2.75) is 6.54 Å². The topological polar surface area (TPSA) is 66.7 Å². The van der Waals surface area contributed by atoms with E-state index in [0.717, 1.165) is 11.4 Å². The molecular formula is C9H10N4OS. The summed E-state index contributed by atoms with van der Waals surface area (Å²) in [5.41, 5.74) is 0.922. The Morgan fingerprint density at radius 2 is 2.13 bits per heavy atom. The number of aliphatic hydroxyl groups is 1. The van der Waals surface area contributed by atoms with Crippen LogP contribution in [0.25, 0.3) is 11.4 Å². The molecule has 0 saturated heterocycles. The van der Waals surface area contributed by atoms with Crippen LogP contribution in [0.15, 0.2) is 24.5 Å². The first-order valence-corrected chi connectivity index (χ1v) is 4.90. The molecule has 0 atom stereocenters. The van der Waals surface area contributed by atoms with Gasteiger partial charge in [0.25, 0.3) is 0 Å². The largest absolute Gasteiger partial charge is 0.395 e. The molecule has 0 unspecified atom stereocenters. The molecule has 0 aliphatic heterocycles. The summed E-state index contributed by atoms with van der Waals surface area (Å²) in [6, 6.07) is 3.69. The molecule has 2 aromatic heterocycles. The number of nitrogens with zero attached hydrogens (tertiary/aromatic N) is 3. The Balaban J connectivity index is 2.49. The van der Waals surface area contributed by atoms with E-state index in [9.17, 15) is 0 Å². The Labute approximate surface area is 91.4 Å². The van der Waals surface area contributed by atoms with Gasteiger partial charge in [0, 0.05) is 18.0 Å². The van der Waals surface area contributed by atoms with E-state index < -0.39 is 0 Å². The van der Waals surface area contributed by atoms with Gasteiger partial charge in [0.15, 0.2) is 10.6 Å². The van der Waals surface area contributed by atoms with Gasteiger partial charge in [-0.15, -0.1) is 0 Å². The zero-order valence-corrected chi connectivity index (χ0v) is 8.74. The third-order valence-electron chi connectivity index (χ3n) is 2.02. The Morgan fingerprint density at radius 3 is 2.80 bits per heavy atom. The van der Waals surface area contributed by atoms with E-state index in [2.05, 4.69) is 15.2 Å². The molecule has 0 amide bonds. The molecule has 0 aliphatic carbocycles. The number of aromatic nitrogens is 4. The molecular weight excluding hydrogens is 212 g/mol. The second-order valence-electron chi connectivity index (χ2n) is 2.96. The molecule has 0 saturated carbocycles. The zero-order chi connectivity index (χ0) is 10.7. The van der Waals surface area contributed by atoms with Crippen LogP contribution < -0.4 is 0 Å². The maximum absolute atomic E-state index is 8.91. The lowest BCUT2D eigenvalue weighted by atomic mass is 10.2. The van der Waals surface area contributed by atoms with E-state index in [1.807, 2.05) is 12.1 Å². The Morgan fingerprint density at radius 1 is 1.40 bits per heavy atom.